The fourth-order valence-corrected chi connectivity index (χ4v) is 8.35. The SMILES string of the molecule is CC.c1ccc(-c2ccc3c(c2)c2ccccc2n3-c2ccc3sc4ccc(-c5cccc6ccc7cccnc7c56)cc4c3c2)cc1. The van der Waals surface area contributed by atoms with Crippen LogP contribution in [0.2, 0.25) is 0 Å². The Kier molecular flexibility index (Phi) is 6.81. The summed E-state index contributed by atoms with van der Waals surface area (Å²) < 4.78 is 5.02. The summed E-state index contributed by atoms with van der Waals surface area (Å²) in [6.07, 6.45) is 1.90. The number of fused-ring (bicyclic) bond motifs is 9. The van der Waals surface area contributed by atoms with E-state index >= 15 is 0 Å². The van der Waals surface area contributed by atoms with E-state index in [2.05, 4.69) is 150 Å². The first-order valence-corrected chi connectivity index (χ1v) is 17.4. The van der Waals surface area contributed by atoms with Crippen molar-refractivity contribution in [1.82, 2.24) is 9.55 Å². The molecule has 0 saturated carbocycles. The summed E-state index contributed by atoms with van der Waals surface area (Å²) in [5, 5.41) is 8.70. The Morgan fingerprint density at radius 2 is 1.19 bits per heavy atom. The molecule has 2 nitrogen and oxygen atoms in total. The van der Waals surface area contributed by atoms with Crippen LogP contribution in [-0.2, 0) is 0 Å². The number of hydrogen-bond acceptors (Lipinski definition) is 2. The van der Waals surface area contributed by atoms with Gasteiger partial charge in [-0.1, -0.05) is 111 Å². The topological polar surface area (TPSA) is 17.8 Å². The Morgan fingerprint density at radius 1 is 0.479 bits per heavy atom. The number of rotatable bonds is 3. The summed E-state index contributed by atoms with van der Waals surface area (Å²) in [4.78, 5) is 4.81. The average Bonchev–Trinajstić information content (AvgIpc) is 3.70. The van der Waals surface area contributed by atoms with Gasteiger partial charge >= 0.3 is 0 Å². The van der Waals surface area contributed by atoms with E-state index in [9.17, 15) is 0 Å². The predicted octanol–water partition coefficient (Wildman–Crippen LogP) is 13.2. The number of nitrogens with zero attached hydrogens (tertiary/aromatic N) is 2. The van der Waals surface area contributed by atoms with Gasteiger partial charge in [0.05, 0.1) is 16.6 Å². The normalized spacial score (nSPS) is 11.5. The lowest BCUT2D eigenvalue weighted by molar-refractivity contribution is 1.19. The largest absolute Gasteiger partial charge is 0.309 e. The van der Waals surface area contributed by atoms with Gasteiger partial charge in [-0.25, -0.2) is 0 Å². The van der Waals surface area contributed by atoms with Gasteiger partial charge in [-0.2, -0.15) is 0 Å². The molecule has 0 spiro atoms. The average molecular weight is 633 g/mol. The summed E-state index contributed by atoms with van der Waals surface area (Å²) in [6, 6.07) is 55.3. The molecule has 0 aliphatic rings. The first-order valence-electron chi connectivity index (χ1n) is 16.6. The van der Waals surface area contributed by atoms with Gasteiger partial charge in [0.1, 0.15) is 0 Å². The molecule has 0 aliphatic carbocycles. The van der Waals surface area contributed by atoms with E-state index in [0.717, 1.165) is 10.9 Å². The second-order valence-electron chi connectivity index (χ2n) is 12.0. The fraction of sp³-hybridized carbons (Fsp3) is 0.0444. The predicted molar refractivity (Wildman–Crippen MR) is 209 cm³/mol. The maximum absolute atomic E-state index is 4.81. The summed E-state index contributed by atoms with van der Waals surface area (Å²) in [5.41, 5.74) is 9.57. The third kappa shape index (κ3) is 4.43. The number of benzene rings is 7. The van der Waals surface area contributed by atoms with E-state index in [0.29, 0.717) is 0 Å². The molecular weight excluding hydrogens is 601 g/mol. The first kappa shape index (κ1) is 28.5. The molecule has 0 amide bonds. The van der Waals surface area contributed by atoms with Crippen LogP contribution in [0.3, 0.4) is 0 Å². The van der Waals surface area contributed by atoms with Crippen LogP contribution >= 0.6 is 11.3 Å². The highest BCUT2D eigenvalue weighted by molar-refractivity contribution is 7.25. The Bertz CT molecular complexity index is 2800. The summed E-state index contributed by atoms with van der Waals surface area (Å²) in [6.45, 7) is 4.00. The zero-order valence-electron chi connectivity index (χ0n) is 26.8. The van der Waals surface area contributed by atoms with Crippen LogP contribution in [0.15, 0.2) is 158 Å². The van der Waals surface area contributed by atoms with Gasteiger partial charge in [0.25, 0.3) is 0 Å². The van der Waals surface area contributed by atoms with E-state index in [-0.39, 0.29) is 0 Å². The van der Waals surface area contributed by atoms with Crippen molar-refractivity contribution in [2.75, 3.05) is 0 Å². The molecule has 228 valence electrons. The third-order valence-corrected chi connectivity index (χ3v) is 10.6. The number of hydrogen-bond donors (Lipinski definition) is 0. The fourth-order valence-electron chi connectivity index (χ4n) is 7.29. The van der Waals surface area contributed by atoms with Gasteiger partial charge in [0, 0.05) is 53.6 Å². The molecule has 0 atom stereocenters. The second kappa shape index (κ2) is 11.5. The van der Waals surface area contributed by atoms with Crippen molar-refractivity contribution in [3.63, 3.8) is 0 Å². The molecular formula is C45H32N2S. The monoisotopic (exact) mass is 632 g/mol. The van der Waals surface area contributed by atoms with Crippen molar-refractivity contribution < 1.29 is 0 Å². The number of aromatic nitrogens is 2. The molecule has 48 heavy (non-hydrogen) atoms. The van der Waals surface area contributed by atoms with Gasteiger partial charge < -0.3 is 4.57 Å². The molecule has 7 aromatic carbocycles. The number of para-hydroxylation sites is 1. The minimum Gasteiger partial charge on any atom is -0.309 e. The Balaban J connectivity index is 0.00000154. The summed E-state index contributed by atoms with van der Waals surface area (Å²) in [5.74, 6) is 0. The molecule has 0 bridgehead atoms. The minimum atomic E-state index is 1.05. The van der Waals surface area contributed by atoms with E-state index in [1.807, 2.05) is 37.4 Å². The van der Waals surface area contributed by atoms with Gasteiger partial charge in [0.2, 0.25) is 0 Å². The van der Waals surface area contributed by atoms with Crippen LogP contribution in [0.5, 0.6) is 0 Å². The van der Waals surface area contributed by atoms with E-state index in [1.165, 1.54) is 80.7 Å². The van der Waals surface area contributed by atoms with Crippen molar-refractivity contribution in [3.8, 4) is 27.9 Å². The van der Waals surface area contributed by atoms with Crippen LogP contribution in [0.4, 0.5) is 0 Å². The zero-order chi connectivity index (χ0) is 32.2. The van der Waals surface area contributed by atoms with Crippen molar-refractivity contribution in [3.05, 3.63) is 158 Å². The standard InChI is InChI=1S/C43H26N2S.C2H6/c1-2-8-27(9-3-1)30-17-20-39-35(24-30)34-12-4-5-14-38(34)45(39)32-19-22-41-37(26-32)36-25-31(18-21-40(36)46-41)33-13-6-10-28-15-16-29-11-7-23-44-43(29)42(28)33;1-2/h1-26H;1-2H3. The van der Waals surface area contributed by atoms with Crippen LogP contribution in [0.1, 0.15) is 13.8 Å². The molecule has 3 aromatic heterocycles. The number of thiophene rings is 1. The molecule has 0 unspecified atom stereocenters. The highest BCUT2D eigenvalue weighted by Gasteiger charge is 2.16. The second-order valence-corrected chi connectivity index (χ2v) is 13.1. The molecule has 0 radical (unpaired) electrons. The van der Waals surface area contributed by atoms with Gasteiger partial charge in [-0.3, -0.25) is 4.98 Å². The van der Waals surface area contributed by atoms with Gasteiger partial charge in [0.15, 0.2) is 0 Å². The third-order valence-electron chi connectivity index (χ3n) is 9.42. The highest BCUT2D eigenvalue weighted by atomic mass is 32.1. The lowest BCUT2D eigenvalue weighted by Crippen LogP contribution is -1.93. The van der Waals surface area contributed by atoms with Crippen molar-refractivity contribution in [2.24, 2.45) is 0 Å². The molecule has 0 saturated heterocycles. The van der Waals surface area contributed by atoms with Crippen LogP contribution in [-0.4, -0.2) is 9.55 Å². The lowest BCUT2D eigenvalue weighted by atomic mass is 9.95. The molecule has 0 N–H and O–H groups in total. The highest BCUT2D eigenvalue weighted by Crippen LogP contribution is 2.41. The van der Waals surface area contributed by atoms with Crippen LogP contribution in [0, 0.1) is 0 Å². The molecule has 3 heteroatoms. The van der Waals surface area contributed by atoms with Crippen LogP contribution < -0.4 is 0 Å². The number of pyridine rings is 1. The zero-order valence-corrected chi connectivity index (χ0v) is 27.6. The van der Waals surface area contributed by atoms with Gasteiger partial charge in [-0.05, 0) is 82.2 Å². The smallest absolute Gasteiger partial charge is 0.0786 e. The van der Waals surface area contributed by atoms with Crippen molar-refractivity contribution in [1.29, 1.82) is 0 Å². The maximum atomic E-state index is 4.81. The Morgan fingerprint density at radius 3 is 2.08 bits per heavy atom. The van der Waals surface area contributed by atoms with Gasteiger partial charge in [-0.15, -0.1) is 11.3 Å². The van der Waals surface area contributed by atoms with E-state index in [4.69, 9.17) is 4.98 Å². The van der Waals surface area contributed by atoms with E-state index < -0.39 is 0 Å². The quantitative estimate of drug-likeness (QED) is 0.177. The summed E-state index contributed by atoms with van der Waals surface area (Å²) >= 11 is 1.86. The van der Waals surface area contributed by atoms with E-state index in [1.54, 1.807) is 0 Å². The molecule has 3 heterocycles. The molecule has 0 aliphatic heterocycles. The lowest BCUT2D eigenvalue weighted by Gasteiger charge is -2.10. The Labute approximate surface area is 283 Å². The Hall–Kier alpha value is -5.77. The maximum Gasteiger partial charge on any atom is 0.0786 e. The van der Waals surface area contributed by atoms with Crippen LogP contribution in [0.25, 0.3) is 91.6 Å². The molecule has 10 aromatic rings. The molecule has 0 fully saturated rings. The van der Waals surface area contributed by atoms with Crippen molar-refractivity contribution in [2.45, 2.75) is 13.8 Å². The molecule has 10 rings (SSSR count). The van der Waals surface area contributed by atoms with Crippen molar-refractivity contribution >= 4 is 75.0 Å². The first-order chi connectivity index (χ1) is 23.8. The minimum absolute atomic E-state index is 1.05. The summed E-state index contributed by atoms with van der Waals surface area (Å²) in [7, 11) is 0.